The fourth-order valence-corrected chi connectivity index (χ4v) is 3.58. The summed E-state index contributed by atoms with van der Waals surface area (Å²) in [6.07, 6.45) is 0. The van der Waals surface area contributed by atoms with Crippen molar-refractivity contribution in [2.45, 2.75) is 6.92 Å². The molecule has 0 saturated heterocycles. The molecule has 0 bridgehead atoms. The first-order valence-electron chi connectivity index (χ1n) is 8.58. The maximum Gasteiger partial charge on any atom is 0.341 e. The zero-order valence-electron chi connectivity index (χ0n) is 16.9. The summed E-state index contributed by atoms with van der Waals surface area (Å²) in [7, 11) is 6.72. The molecule has 0 spiro atoms. The number of aryl methyl sites for hydroxylation is 1. The van der Waals surface area contributed by atoms with E-state index >= 15 is 0 Å². The minimum atomic E-state index is -0.674. The van der Waals surface area contributed by atoms with Crippen molar-refractivity contribution in [3.8, 4) is 23.0 Å². The molecule has 152 valence electrons. The molecule has 0 aliphatic heterocycles. The summed E-state index contributed by atoms with van der Waals surface area (Å²) in [5.41, 5.74) is 0.757. The van der Waals surface area contributed by atoms with Crippen LogP contribution in [0.25, 0.3) is 0 Å². The van der Waals surface area contributed by atoms with Crippen LogP contribution in [0.15, 0.2) is 12.1 Å². The van der Waals surface area contributed by atoms with Gasteiger partial charge in [0.15, 0.2) is 17.3 Å². The van der Waals surface area contributed by atoms with Gasteiger partial charge in [0.1, 0.15) is 11.3 Å². The van der Waals surface area contributed by atoms with Gasteiger partial charge in [-0.2, -0.15) is 0 Å². The van der Waals surface area contributed by atoms with Crippen LogP contribution in [0.4, 0.5) is 0 Å². The number of fused-ring (bicyclic) bond motifs is 2. The molecule has 0 fully saturated rings. The summed E-state index contributed by atoms with van der Waals surface area (Å²) in [6, 6.07) is 2.92. The van der Waals surface area contributed by atoms with E-state index in [0.717, 1.165) is 0 Å². The number of rotatable bonds is 5. The Labute approximate surface area is 167 Å². The van der Waals surface area contributed by atoms with Gasteiger partial charge in [-0.05, 0) is 24.6 Å². The largest absolute Gasteiger partial charge is 0.495 e. The molecule has 0 radical (unpaired) electrons. The third kappa shape index (κ3) is 2.79. The molecular weight excluding hydrogens is 380 g/mol. The lowest BCUT2D eigenvalue weighted by atomic mass is 9.80. The summed E-state index contributed by atoms with van der Waals surface area (Å²) in [4.78, 5) is 39.1. The number of esters is 1. The maximum absolute atomic E-state index is 13.5. The smallest absolute Gasteiger partial charge is 0.341 e. The van der Waals surface area contributed by atoms with Gasteiger partial charge in [0.2, 0.25) is 11.5 Å². The van der Waals surface area contributed by atoms with E-state index < -0.39 is 17.5 Å². The van der Waals surface area contributed by atoms with Crippen LogP contribution < -0.4 is 18.9 Å². The highest BCUT2D eigenvalue weighted by Gasteiger charge is 2.39. The Kier molecular flexibility index (Phi) is 5.19. The second kappa shape index (κ2) is 7.46. The fraction of sp³-hybridized carbons (Fsp3) is 0.286. The molecule has 8 heteroatoms. The Morgan fingerprint density at radius 3 is 1.79 bits per heavy atom. The molecule has 0 unspecified atom stereocenters. The van der Waals surface area contributed by atoms with Crippen LogP contribution in [-0.2, 0) is 4.74 Å². The van der Waals surface area contributed by atoms with Gasteiger partial charge < -0.3 is 23.7 Å². The van der Waals surface area contributed by atoms with Crippen molar-refractivity contribution in [1.82, 2.24) is 0 Å². The zero-order chi connectivity index (χ0) is 21.5. The normalized spacial score (nSPS) is 12.1. The van der Waals surface area contributed by atoms with E-state index in [2.05, 4.69) is 0 Å². The highest BCUT2D eigenvalue weighted by molar-refractivity contribution is 6.31. The van der Waals surface area contributed by atoms with E-state index in [1.54, 1.807) is 6.92 Å². The zero-order valence-corrected chi connectivity index (χ0v) is 16.9. The first-order chi connectivity index (χ1) is 13.9. The number of ketones is 2. The first-order valence-corrected chi connectivity index (χ1v) is 8.58. The van der Waals surface area contributed by atoms with Crippen LogP contribution in [-0.4, -0.2) is 53.1 Å². The van der Waals surface area contributed by atoms with E-state index in [0.29, 0.717) is 5.56 Å². The maximum atomic E-state index is 13.5. The van der Waals surface area contributed by atoms with Gasteiger partial charge in [-0.25, -0.2) is 4.79 Å². The minimum absolute atomic E-state index is 0.0145. The molecule has 29 heavy (non-hydrogen) atoms. The van der Waals surface area contributed by atoms with Gasteiger partial charge in [0.25, 0.3) is 0 Å². The average Bonchev–Trinajstić information content (AvgIpc) is 2.74. The Balaban J connectivity index is 2.43. The van der Waals surface area contributed by atoms with Gasteiger partial charge in [-0.1, -0.05) is 0 Å². The summed E-state index contributed by atoms with van der Waals surface area (Å²) in [5, 5.41) is 0. The van der Waals surface area contributed by atoms with Gasteiger partial charge >= 0.3 is 5.97 Å². The number of benzene rings is 2. The molecular formula is C21H20O8. The third-order valence-electron chi connectivity index (χ3n) is 4.85. The van der Waals surface area contributed by atoms with Gasteiger partial charge in [0.05, 0.1) is 46.7 Å². The number of hydrogen-bond acceptors (Lipinski definition) is 8. The Bertz CT molecular complexity index is 1050. The Morgan fingerprint density at radius 1 is 0.724 bits per heavy atom. The van der Waals surface area contributed by atoms with Crippen LogP contribution in [0.3, 0.4) is 0 Å². The van der Waals surface area contributed by atoms with Gasteiger partial charge in [0, 0.05) is 11.1 Å². The number of ether oxygens (including phenoxy) is 5. The first kappa shape index (κ1) is 20.2. The number of carbonyl (C=O) groups is 3. The Hall–Kier alpha value is -3.55. The molecule has 1 aliphatic carbocycles. The molecule has 2 aromatic rings. The predicted molar refractivity (Wildman–Crippen MR) is 102 cm³/mol. The van der Waals surface area contributed by atoms with E-state index in [1.165, 1.54) is 47.7 Å². The molecule has 0 N–H and O–H groups in total. The van der Waals surface area contributed by atoms with Crippen molar-refractivity contribution < 1.29 is 38.1 Å². The molecule has 0 heterocycles. The topological polar surface area (TPSA) is 97.4 Å². The van der Waals surface area contributed by atoms with Crippen molar-refractivity contribution in [3.63, 3.8) is 0 Å². The van der Waals surface area contributed by atoms with Crippen molar-refractivity contribution >= 4 is 17.5 Å². The minimum Gasteiger partial charge on any atom is -0.495 e. The second-order valence-electron chi connectivity index (χ2n) is 6.24. The summed E-state index contributed by atoms with van der Waals surface area (Å²) < 4.78 is 26.2. The monoisotopic (exact) mass is 400 g/mol. The lowest BCUT2D eigenvalue weighted by molar-refractivity contribution is 0.0595. The second-order valence-corrected chi connectivity index (χ2v) is 6.24. The third-order valence-corrected chi connectivity index (χ3v) is 4.85. The van der Waals surface area contributed by atoms with Crippen molar-refractivity contribution in [2.75, 3.05) is 35.5 Å². The van der Waals surface area contributed by atoms with Crippen molar-refractivity contribution in [3.05, 3.63) is 45.5 Å². The van der Waals surface area contributed by atoms with Crippen molar-refractivity contribution in [2.24, 2.45) is 0 Å². The van der Waals surface area contributed by atoms with E-state index in [1.807, 2.05) is 0 Å². The average molecular weight is 400 g/mol. The summed E-state index contributed by atoms with van der Waals surface area (Å²) in [6.45, 7) is 1.64. The quantitative estimate of drug-likeness (QED) is 0.603. The lowest BCUT2D eigenvalue weighted by Crippen LogP contribution is -2.25. The molecule has 0 atom stereocenters. The van der Waals surface area contributed by atoms with Crippen LogP contribution in [0, 0.1) is 6.92 Å². The molecule has 0 saturated carbocycles. The van der Waals surface area contributed by atoms with Crippen LogP contribution >= 0.6 is 0 Å². The fourth-order valence-electron chi connectivity index (χ4n) is 3.58. The molecule has 3 rings (SSSR count). The highest BCUT2D eigenvalue weighted by atomic mass is 16.5. The molecule has 0 aromatic heterocycles. The standard InChI is InChI=1S/C21H20O8/c1-9-7-10-14(19(27-4)13(9)21(24)29-6)17(23)15-11(16(10)22)8-12(25-2)18(26-3)20(15)28-5/h7-8H,1-6H3. The lowest BCUT2D eigenvalue weighted by Gasteiger charge is -2.25. The summed E-state index contributed by atoms with van der Waals surface area (Å²) >= 11 is 0. The molecule has 1 aliphatic rings. The van der Waals surface area contributed by atoms with E-state index in [-0.39, 0.29) is 50.8 Å². The van der Waals surface area contributed by atoms with Gasteiger partial charge in [-0.3, -0.25) is 9.59 Å². The Morgan fingerprint density at radius 2 is 1.28 bits per heavy atom. The molecule has 2 aromatic carbocycles. The van der Waals surface area contributed by atoms with Crippen LogP contribution in [0.2, 0.25) is 0 Å². The number of carbonyl (C=O) groups excluding carboxylic acids is 3. The molecule has 8 nitrogen and oxygen atoms in total. The van der Waals surface area contributed by atoms with Crippen LogP contribution in [0.1, 0.15) is 47.8 Å². The van der Waals surface area contributed by atoms with E-state index in [4.69, 9.17) is 23.7 Å². The SMILES string of the molecule is COC(=O)c1c(C)cc2c(c1OC)C(=O)c1c(cc(OC)c(OC)c1OC)C2=O. The molecule has 0 amide bonds. The number of hydrogen-bond donors (Lipinski definition) is 0. The van der Waals surface area contributed by atoms with Crippen LogP contribution in [0.5, 0.6) is 23.0 Å². The summed E-state index contributed by atoms with van der Waals surface area (Å²) in [5.74, 6) is -1.16. The van der Waals surface area contributed by atoms with Gasteiger partial charge in [-0.15, -0.1) is 0 Å². The van der Waals surface area contributed by atoms with Crippen molar-refractivity contribution in [1.29, 1.82) is 0 Å². The highest BCUT2D eigenvalue weighted by Crippen LogP contribution is 2.47. The number of methoxy groups -OCH3 is 5. The predicted octanol–water partition coefficient (Wildman–Crippen LogP) is 2.59. The van der Waals surface area contributed by atoms with E-state index in [9.17, 15) is 14.4 Å².